The normalized spacial score (nSPS) is 15.3. The summed E-state index contributed by atoms with van der Waals surface area (Å²) in [4.78, 5) is 27.5. The molecule has 7 nitrogen and oxygen atoms in total. The van der Waals surface area contributed by atoms with Gasteiger partial charge in [0, 0.05) is 29.1 Å². The van der Waals surface area contributed by atoms with E-state index in [1.165, 1.54) is 19.3 Å². The molecule has 1 fully saturated rings. The first-order chi connectivity index (χ1) is 16.1. The summed E-state index contributed by atoms with van der Waals surface area (Å²) in [6, 6.07) is 13.4. The molecule has 3 aromatic rings. The van der Waals surface area contributed by atoms with Crippen molar-refractivity contribution in [3.05, 3.63) is 65.9 Å². The number of aromatic amines is 1. The van der Waals surface area contributed by atoms with E-state index >= 15 is 0 Å². The smallest absolute Gasteiger partial charge is 0.326 e. The van der Waals surface area contributed by atoms with Crippen LogP contribution in [0, 0.1) is 5.92 Å². The Morgan fingerprint density at radius 2 is 1.91 bits per heavy atom. The van der Waals surface area contributed by atoms with Gasteiger partial charge >= 0.3 is 5.97 Å². The lowest BCUT2D eigenvalue weighted by Gasteiger charge is -2.22. The van der Waals surface area contributed by atoms with Crippen LogP contribution in [0.2, 0.25) is 0 Å². The fourth-order valence-electron chi connectivity index (χ4n) is 4.40. The minimum atomic E-state index is -1.07. The Labute approximate surface area is 193 Å². The maximum absolute atomic E-state index is 12.5. The summed E-state index contributed by atoms with van der Waals surface area (Å²) in [5.74, 6) is 0.0843. The number of rotatable bonds is 10. The minimum Gasteiger partial charge on any atom is -0.494 e. The van der Waals surface area contributed by atoms with Crippen LogP contribution in [-0.4, -0.2) is 47.7 Å². The van der Waals surface area contributed by atoms with E-state index < -0.39 is 17.9 Å². The Bertz CT molecular complexity index is 1070. The number of amides is 1. The zero-order valence-electron chi connectivity index (χ0n) is 18.7. The standard InChI is InChI=1S/C26H31N3O4/c30-25(19-6-2-1-3-7-19)29-24(26(31)32)15-20-17-28-23-9-8-21(16-22(20)23)33-14-4-5-18-10-12-27-13-11-18/h1-3,6-9,16-18,24,27-28H,4-5,10-15H2,(H,29,30)(H,31,32)/t24-/m0/s1. The maximum atomic E-state index is 12.5. The fourth-order valence-corrected chi connectivity index (χ4v) is 4.40. The third-order valence-corrected chi connectivity index (χ3v) is 6.29. The number of H-pyrrole nitrogens is 1. The molecule has 1 aromatic heterocycles. The van der Waals surface area contributed by atoms with Gasteiger partial charge in [-0.2, -0.15) is 0 Å². The van der Waals surface area contributed by atoms with Crippen molar-refractivity contribution < 1.29 is 19.4 Å². The number of carboxylic acids is 1. The van der Waals surface area contributed by atoms with Crippen molar-refractivity contribution >= 4 is 22.8 Å². The van der Waals surface area contributed by atoms with Gasteiger partial charge in [0.05, 0.1) is 6.61 Å². The van der Waals surface area contributed by atoms with Crippen molar-refractivity contribution in [1.29, 1.82) is 0 Å². The topological polar surface area (TPSA) is 103 Å². The van der Waals surface area contributed by atoms with Crippen LogP contribution >= 0.6 is 0 Å². The molecule has 1 aliphatic rings. The number of carboxylic acid groups (broad SMARTS) is 1. The molecule has 7 heteroatoms. The van der Waals surface area contributed by atoms with E-state index in [4.69, 9.17) is 4.74 Å². The summed E-state index contributed by atoms with van der Waals surface area (Å²) in [5.41, 5.74) is 2.17. The number of aromatic nitrogens is 1. The van der Waals surface area contributed by atoms with Crippen molar-refractivity contribution in [2.75, 3.05) is 19.7 Å². The molecule has 0 unspecified atom stereocenters. The highest BCUT2D eigenvalue weighted by Gasteiger charge is 2.22. The molecule has 0 aliphatic carbocycles. The molecular weight excluding hydrogens is 418 g/mol. The monoisotopic (exact) mass is 449 g/mol. The SMILES string of the molecule is O=C(N[C@@H](Cc1c[nH]c2ccc(OCCCC3CCNCC3)cc12)C(=O)O)c1ccccc1. The van der Waals surface area contributed by atoms with Crippen molar-refractivity contribution in [3.8, 4) is 5.75 Å². The van der Waals surface area contributed by atoms with Crippen LogP contribution in [0.4, 0.5) is 0 Å². The van der Waals surface area contributed by atoms with Gasteiger partial charge in [-0.15, -0.1) is 0 Å². The van der Waals surface area contributed by atoms with Crippen LogP contribution in [0.1, 0.15) is 41.6 Å². The van der Waals surface area contributed by atoms with Crippen LogP contribution in [0.25, 0.3) is 10.9 Å². The first-order valence-corrected chi connectivity index (χ1v) is 11.6. The fraction of sp³-hybridized carbons (Fsp3) is 0.385. The van der Waals surface area contributed by atoms with Gasteiger partial charge in [-0.1, -0.05) is 18.2 Å². The number of benzene rings is 2. The van der Waals surface area contributed by atoms with E-state index in [0.717, 1.165) is 47.6 Å². The van der Waals surface area contributed by atoms with E-state index in [1.807, 2.05) is 24.3 Å². The molecule has 2 aromatic carbocycles. The molecule has 1 aliphatic heterocycles. The zero-order chi connectivity index (χ0) is 23.0. The van der Waals surface area contributed by atoms with Gasteiger partial charge in [0.25, 0.3) is 5.91 Å². The van der Waals surface area contributed by atoms with Crippen LogP contribution in [0.3, 0.4) is 0 Å². The lowest BCUT2D eigenvalue weighted by molar-refractivity contribution is -0.139. The molecule has 1 amide bonds. The number of nitrogens with one attached hydrogen (secondary N) is 3. The number of carbonyl (C=O) groups is 2. The van der Waals surface area contributed by atoms with E-state index in [-0.39, 0.29) is 6.42 Å². The number of ether oxygens (including phenoxy) is 1. The molecule has 2 heterocycles. The van der Waals surface area contributed by atoms with Gasteiger partial charge in [0.2, 0.25) is 0 Å². The zero-order valence-corrected chi connectivity index (χ0v) is 18.7. The van der Waals surface area contributed by atoms with E-state index in [0.29, 0.717) is 12.2 Å². The second-order valence-corrected chi connectivity index (χ2v) is 8.64. The lowest BCUT2D eigenvalue weighted by Crippen LogP contribution is -2.42. The maximum Gasteiger partial charge on any atom is 0.326 e. The number of aliphatic carboxylic acids is 1. The van der Waals surface area contributed by atoms with Gasteiger partial charge in [-0.3, -0.25) is 4.79 Å². The number of hydrogen-bond donors (Lipinski definition) is 4. The van der Waals surface area contributed by atoms with Gasteiger partial charge in [-0.25, -0.2) is 4.79 Å². The predicted octanol–water partition coefficient (Wildman–Crippen LogP) is 3.75. The minimum absolute atomic E-state index is 0.174. The molecule has 174 valence electrons. The third kappa shape index (κ3) is 6.14. The molecule has 0 saturated carbocycles. The van der Waals surface area contributed by atoms with Crippen molar-refractivity contribution in [1.82, 2.24) is 15.6 Å². The first-order valence-electron chi connectivity index (χ1n) is 11.6. The molecule has 0 spiro atoms. The molecule has 0 radical (unpaired) electrons. The molecule has 4 N–H and O–H groups in total. The van der Waals surface area contributed by atoms with Crippen LogP contribution < -0.4 is 15.4 Å². The van der Waals surface area contributed by atoms with E-state index in [2.05, 4.69) is 15.6 Å². The molecule has 33 heavy (non-hydrogen) atoms. The van der Waals surface area contributed by atoms with Crippen molar-refractivity contribution in [3.63, 3.8) is 0 Å². The Morgan fingerprint density at radius 1 is 1.12 bits per heavy atom. The van der Waals surface area contributed by atoms with Crippen LogP contribution in [0.5, 0.6) is 5.75 Å². The van der Waals surface area contributed by atoms with Crippen LogP contribution in [-0.2, 0) is 11.2 Å². The summed E-state index contributed by atoms with van der Waals surface area (Å²) in [6.07, 6.45) is 6.66. The summed E-state index contributed by atoms with van der Waals surface area (Å²) < 4.78 is 5.99. The van der Waals surface area contributed by atoms with Crippen LogP contribution in [0.15, 0.2) is 54.7 Å². The van der Waals surface area contributed by atoms with Gasteiger partial charge < -0.3 is 25.5 Å². The van der Waals surface area contributed by atoms with E-state index in [1.54, 1.807) is 30.5 Å². The summed E-state index contributed by atoms with van der Waals surface area (Å²) in [7, 11) is 0. The molecular formula is C26H31N3O4. The second-order valence-electron chi connectivity index (χ2n) is 8.64. The highest BCUT2D eigenvalue weighted by atomic mass is 16.5. The summed E-state index contributed by atoms with van der Waals surface area (Å²) in [5, 5.41) is 16.6. The number of carbonyl (C=O) groups excluding carboxylic acids is 1. The quantitative estimate of drug-likeness (QED) is 0.353. The van der Waals surface area contributed by atoms with E-state index in [9.17, 15) is 14.7 Å². The first kappa shape index (κ1) is 22.9. The van der Waals surface area contributed by atoms with Gasteiger partial charge in [0.1, 0.15) is 11.8 Å². The number of hydrogen-bond acceptors (Lipinski definition) is 4. The van der Waals surface area contributed by atoms with Gasteiger partial charge in [-0.05, 0) is 80.6 Å². The van der Waals surface area contributed by atoms with Gasteiger partial charge in [0.15, 0.2) is 0 Å². The predicted molar refractivity (Wildman–Crippen MR) is 128 cm³/mol. The molecule has 4 rings (SSSR count). The Kier molecular flexibility index (Phi) is 7.62. The summed E-state index contributed by atoms with van der Waals surface area (Å²) in [6.45, 7) is 2.89. The average Bonchev–Trinajstić information content (AvgIpc) is 3.24. The Hall–Kier alpha value is -3.32. The molecule has 1 saturated heterocycles. The number of piperidine rings is 1. The van der Waals surface area contributed by atoms with Crippen molar-refractivity contribution in [2.45, 2.75) is 38.1 Å². The summed E-state index contributed by atoms with van der Waals surface area (Å²) >= 11 is 0. The van der Waals surface area contributed by atoms with Crippen molar-refractivity contribution in [2.24, 2.45) is 5.92 Å². The molecule has 0 bridgehead atoms. The third-order valence-electron chi connectivity index (χ3n) is 6.29. The second kappa shape index (κ2) is 11.0. The Balaban J connectivity index is 1.38. The highest BCUT2D eigenvalue weighted by Crippen LogP contribution is 2.25. The Morgan fingerprint density at radius 3 is 2.67 bits per heavy atom. The average molecular weight is 450 g/mol. The largest absolute Gasteiger partial charge is 0.494 e. The highest BCUT2D eigenvalue weighted by molar-refractivity contribution is 5.96. The molecule has 1 atom stereocenters. The lowest BCUT2D eigenvalue weighted by atomic mass is 9.93. The number of fused-ring (bicyclic) bond motifs is 1.